The van der Waals surface area contributed by atoms with Crippen LogP contribution in [0.25, 0.3) is 0 Å². The fourth-order valence-corrected chi connectivity index (χ4v) is 0.251. The summed E-state index contributed by atoms with van der Waals surface area (Å²) in [5, 5.41) is 6.52. The van der Waals surface area contributed by atoms with Crippen LogP contribution < -0.4 is 5.73 Å². The minimum absolute atomic E-state index is 0.105. The van der Waals surface area contributed by atoms with Gasteiger partial charge >= 0.3 is 0 Å². The van der Waals surface area contributed by atoms with Crippen LogP contribution >= 0.6 is 0 Å². The Morgan fingerprint density at radius 3 is 2.78 bits per heavy atom. The summed E-state index contributed by atoms with van der Waals surface area (Å²) in [6.45, 7) is 0. The van der Waals surface area contributed by atoms with Gasteiger partial charge in [-0.15, -0.1) is 0 Å². The van der Waals surface area contributed by atoms with Gasteiger partial charge < -0.3 is 11.1 Å². The largest absolute Gasteiger partial charge is 0.384 e. The number of carbonyl (C=O) groups is 1. The van der Waals surface area contributed by atoms with Crippen LogP contribution in [0.15, 0.2) is 17.1 Å². The molecule has 0 aromatic carbocycles. The Hall–Kier alpha value is -1.45. The summed E-state index contributed by atoms with van der Waals surface area (Å²) in [6.07, 6.45) is 4.14. The van der Waals surface area contributed by atoms with E-state index in [-0.39, 0.29) is 5.84 Å². The van der Waals surface area contributed by atoms with Crippen molar-refractivity contribution in [3.05, 3.63) is 12.2 Å². The van der Waals surface area contributed by atoms with E-state index >= 15 is 0 Å². The van der Waals surface area contributed by atoms with E-state index in [1.807, 2.05) is 0 Å². The number of aliphatic imine (C=N–C) groups is 1. The summed E-state index contributed by atoms with van der Waals surface area (Å²) in [7, 11) is 0. The van der Waals surface area contributed by atoms with Gasteiger partial charge in [0.05, 0.1) is 0 Å². The zero-order valence-electron chi connectivity index (χ0n) is 4.74. The number of amides is 1. The maximum absolute atomic E-state index is 9.62. The molecule has 4 nitrogen and oxygen atoms in total. The number of carbonyl (C=O) groups excluding carboxylic acids is 1. The molecule has 4 heteroatoms. The summed E-state index contributed by atoms with van der Waals surface area (Å²) in [4.78, 5) is 12.8. The van der Waals surface area contributed by atoms with E-state index in [4.69, 9.17) is 11.1 Å². The van der Waals surface area contributed by atoms with E-state index in [0.717, 1.165) is 6.21 Å². The van der Waals surface area contributed by atoms with Crippen LogP contribution in [0.3, 0.4) is 0 Å². The summed E-state index contributed by atoms with van der Waals surface area (Å²) < 4.78 is 0. The van der Waals surface area contributed by atoms with Crippen molar-refractivity contribution in [2.45, 2.75) is 0 Å². The van der Waals surface area contributed by atoms with E-state index < -0.39 is 0 Å². The standard InChI is InChI=1S/C5H7N3O/c6-3-1-2-5(7)8-4-9/h1-4,6H,(H2,7,8,9)/b2-1-,6-3?. The maximum Gasteiger partial charge on any atom is 0.234 e. The molecule has 0 unspecified atom stereocenters. The Morgan fingerprint density at radius 2 is 2.33 bits per heavy atom. The quantitative estimate of drug-likeness (QED) is 0.308. The van der Waals surface area contributed by atoms with Crippen molar-refractivity contribution in [1.82, 2.24) is 0 Å². The first-order chi connectivity index (χ1) is 4.31. The molecule has 0 saturated carbocycles. The molecule has 0 aliphatic rings. The zero-order chi connectivity index (χ0) is 7.11. The Morgan fingerprint density at radius 1 is 1.67 bits per heavy atom. The Labute approximate surface area is 52.6 Å². The molecular formula is C5H7N3O. The molecule has 0 aromatic rings. The minimum atomic E-state index is 0.105. The van der Waals surface area contributed by atoms with Gasteiger partial charge in [-0.05, 0) is 12.2 Å². The molecule has 3 N–H and O–H groups in total. The van der Waals surface area contributed by atoms with E-state index in [0.29, 0.717) is 6.41 Å². The molecule has 0 rings (SSSR count). The first-order valence-corrected chi connectivity index (χ1v) is 2.25. The zero-order valence-corrected chi connectivity index (χ0v) is 4.74. The highest BCUT2D eigenvalue weighted by Crippen LogP contribution is 1.68. The van der Waals surface area contributed by atoms with Gasteiger partial charge in [0.2, 0.25) is 6.41 Å². The van der Waals surface area contributed by atoms with Crippen LogP contribution in [-0.2, 0) is 4.79 Å². The van der Waals surface area contributed by atoms with Crippen LogP contribution in [0.4, 0.5) is 0 Å². The molecule has 0 saturated heterocycles. The molecule has 0 heterocycles. The average molecular weight is 125 g/mol. The van der Waals surface area contributed by atoms with E-state index in [1.165, 1.54) is 12.2 Å². The van der Waals surface area contributed by atoms with Crippen LogP contribution in [0, 0.1) is 5.41 Å². The summed E-state index contributed by atoms with van der Waals surface area (Å²) in [6, 6.07) is 0. The van der Waals surface area contributed by atoms with Crippen LogP contribution in [0.1, 0.15) is 0 Å². The Bertz CT molecular complexity index is 160. The molecule has 0 aromatic heterocycles. The third kappa shape index (κ3) is 4.40. The van der Waals surface area contributed by atoms with E-state index in [1.54, 1.807) is 0 Å². The number of nitrogens with zero attached hydrogens (tertiary/aromatic N) is 1. The number of amidine groups is 1. The second-order valence-corrected chi connectivity index (χ2v) is 1.19. The smallest absolute Gasteiger partial charge is 0.234 e. The third-order valence-electron chi connectivity index (χ3n) is 0.565. The molecule has 0 atom stereocenters. The highest BCUT2D eigenvalue weighted by Gasteiger charge is 1.77. The highest BCUT2D eigenvalue weighted by molar-refractivity contribution is 5.97. The van der Waals surface area contributed by atoms with Crippen LogP contribution in [-0.4, -0.2) is 18.5 Å². The number of nitrogens with two attached hydrogens (primary N) is 1. The molecule has 9 heavy (non-hydrogen) atoms. The molecule has 0 bridgehead atoms. The topological polar surface area (TPSA) is 79.3 Å². The van der Waals surface area contributed by atoms with Gasteiger partial charge in [-0.25, -0.2) is 0 Å². The third-order valence-corrected chi connectivity index (χ3v) is 0.565. The highest BCUT2D eigenvalue weighted by atomic mass is 16.1. The molecule has 48 valence electrons. The summed E-state index contributed by atoms with van der Waals surface area (Å²) >= 11 is 0. The first-order valence-electron chi connectivity index (χ1n) is 2.25. The van der Waals surface area contributed by atoms with Gasteiger partial charge in [-0.1, -0.05) is 0 Å². The Kier molecular flexibility index (Phi) is 3.95. The van der Waals surface area contributed by atoms with E-state index in [2.05, 4.69) is 4.99 Å². The maximum atomic E-state index is 9.62. The Balaban J connectivity index is 3.88. The number of hydrogen-bond donors (Lipinski definition) is 2. The van der Waals surface area contributed by atoms with Gasteiger partial charge in [0.1, 0.15) is 5.84 Å². The van der Waals surface area contributed by atoms with Crippen LogP contribution in [0.5, 0.6) is 0 Å². The van der Waals surface area contributed by atoms with E-state index in [9.17, 15) is 4.79 Å². The minimum Gasteiger partial charge on any atom is -0.384 e. The average Bonchev–Trinajstić information content (AvgIpc) is 1.85. The lowest BCUT2D eigenvalue weighted by atomic mass is 10.5. The number of hydrogen-bond acceptors (Lipinski definition) is 2. The molecular weight excluding hydrogens is 118 g/mol. The van der Waals surface area contributed by atoms with Gasteiger partial charge in [-0.2, -0.15) is 4.99 Å². The predicted octanol–water partition coefficient (Wildman–Crippen LogP) is -0.294. The second kappa shape index (κ2) is 4.70. The lowest BCUT2D eigenvalue weighted by Gasteiger charge is -1.81. The molecule has 0 fully saturated rings. The van der Waals surface area contributed by atoms with Gasteiger partial charge in [0.15, 0.2) is 0 Å². The fraction of sp³-hybridized carbons (Fsp3) is 0. The van der Waals surface area contributed by atoms with Gasteiger partial charge in [0.25, 0.3) is 0 Å². The van der Waals surface area contributed by atoms with Crippen molar-refractivity contribution in [3.63, 3.8) is 0 Å². The molecule has 1 amide bonds. The number of allylic oxidation sites excluding steroid dienone is 1. The molecule has 0 spiro atoms. The van der Waals surface area contributed by atoms with Crippen molar-refractivity contribution < 1.29 is 4.79 Å². The molecule has 0 aliphatic carbocycles. The lowest BCUT2D eigenvalue weighted by Crippen LogP contribution is -2.07. The number of nitrogens with one attached hydrogen (secondary N) is 1. The fourth-order valence-electron chi connectivity index (χ4n) is 0.251. The van der Waals surface area contributed by atoms with Crippen molar-refractivity contribution >= 4 is 18.5 Å². The lowest BCUT2D eigenvalue weighted by molar-refractivity contribution is -0.106. The SMILES string of the molecule is N=C/C=C\C(N)=NC=O. The molecule has 0 aliphatic heterocycles. The summed E-state index contributed by atoms with van der Waals surface area (Å²) in [5.41, 5.74) is 5.10. The van der Waals surface area contributed by atoms with Crippen LogP contribution in [0.2, 0.25) is 0 Å². The van der Waals surface area contributed by atoms with Gasteiger partial charge in [0, 0.05) is 6.21 Å². The van der Waals surface area contributed by atoms with Crippen molar-refractivity contribution in [2.75, 3.05) is 0 Å². The second-order valence-electron chi connectivity index (χ2n) is 1.19. The number of rotatable bonds is 3. The molecule has 0 radical (unpaired) electrons. The monoisotopic (exact) mass is 125 g/mol. The van der Waals surface area contributed by atoms with Crippen molar-refractivity contribution in [2.24, 2.45) is 10.7 Å². The van der Waals surface area contributed by atoms with Crippen molar-refractivity contribution in [3.8, 4) is 0 Å². The summed E-state index contributed by atoms with van der Waals surface area (Å²) in [5.74, 6) is 0.105. The predicted molar refractivity (Wildman–Crippen MR) is 35.6 cm³/mol. The first kappa shape index (κ1) is 7.55. The normalized spacial score (nSPS) is 11.8. The van der Waals surface area contributed by atoms with Crippen molar-refractivity contribution in [1.29, 1.82) is 5.41 Å². The van der Waals surface area contributed by atoms with Gasteiger partial charge in [-0.3, -0.25) is 4.79 Å².